The van der Waals surface area contributed by atoms with Crippen LogP contribution < -0.4 is 0 Å². The van der Waals surface area contributed by atoms with E-state index in [0.717, 1.165) is 28.8 Å². The highest BCUT2D eigenvalue weighted by molar-refractivity contribution is 7.98. The molecule has 0 aliphatic carbocycles. The highest BCUT2D eigenvalue weighted by Gasteiger charge is 2.16. The summed E-state index contributed by atoms with van der Waals surface area (Å²) < 4.78 is 6.59. The first-order valence-corrected chi connectivity index (χ1v) is 10.4. The van der Waals surface area contributed by atoms with Gasteiger partial charge >= 0.3 is 0 Å². The first-order valence-electron chi connectivity index (χ1n) is 7.43. The maximum atomic E-state index is 6.10. The molecular formula is C16H12ClN5S3. The number of thioether (sulfide) groups is 1. The molecule has 1 aromatic carbocycles. The maximum Gasteiger partial charge on any atom is 0.196 e. The molecule has 0 unspecified atom stereocenters. The van der Waals surface area contributed by atoms with Gasteiger partial charge in [0.2, 0.25) is 0 Å². The zero-order chi connectivity index (χ0) is 17.1. The van der Waals surface area contributed by atoms with E-state index in [4.69, 9.17) is 11.6 Å². The number of rotatable bonds is 6. The van der Waals surface area contributed by atoms with Crippen LogP contribution >= 0.6 is 46.2 Å². The standard InChI is InChI=1S/C16H12ClN5S3/c17-15-13(18-21-25-15)10-24-16-20-19-14(9-12-7-4-8-23-12)22(16)11-5-2-1-3-6-11/h1-8H,9-10H2. The Bertz CT molecular complexity index is 949. The molecular weight excluding hydrogens is 394 g/mol. The molecule has 3 aromatic heterocycles. The van der Waals surface area contributed by atoms with Crippen LogP contribution in [0.25, 0.3) is 5.69 Å². The van der Waals surface area contributed by atoms with Gasteiger partial charge in [-0.1, -0.05) is 52.1 Å². The summed E-state index contributed by atoms with van der Waals surface area (Å²) in [6, 6.07) is 14.3. The number of benzene rings is 1. The first kappa shape index (κ1) is 16.7. The third-order valence-corrected chi connectivity index (χ3v) is 6.28. The van der Waals surface area contributed by atoms with E-state index in [9.17, 15) is 0 Å². The van der Waals surface area contributed by atoms with Gasteiger partial charge in [0, 0.05) is 34.3 Å². The third kappa shape index (κ3) is 3.77. The fraction of sp³-hybridized carbons (Fsp3) is 0.125. The molecule has 5 nitrogen and oxygen atoms in total. The third-order valence-electron chi connectivity index (χ3n) is 3.47. The molecule has 0 fully saturated rings. The molecule has 0 aliphatic heterocycles. The highest BCUT2D eigenvalue weighted by Crippen LogP contribution is 2.29. The Morgan fingerprint density at radius 2 is 1.92 bits per heavy atom. The van der Waals surface area contributed by atoms with E-state index < -0.39 is 0 Å². The van der Waals surface area contributed by atoms with Crippen LogP contribution in [0.15, 0.2) is 53.0 Å². The first-order chi connectivity index (χ1) is 12.3. The molecule has 25 heavy (non-hydrogen) atoms. The van der Waals surface area contributed by atoms with E-state index in [2.05, 4.69) is 54.0 Å². The maximum absolute atomic E-state index is 6.10. The zero-order valence-corrected chi connectivity index (χ0v) is 16.1. The van der Waals surface area contributed by atoms with Gasteiger partial charge in [0.1, 0.15) is 15.9 Å². The van der Waals surface area contributed by atoms with Crippen molar-refractivity contribution in [3.63, 3.8) is 0 Å². The number of halogens is 1. The second-order valence-electron chi connectivity index (χ2n) is 5.11. The molecule has 3 heterocycles. The van der Waals surface area contributed by atoms with Crippen LogP contribution in [0.3, 0.4) is 0 Å². The molecule has 9 heteroatoms. The SMILES string of the molecule is Clc1snnc1CSc1nnc(Cc2cccs2)n1-c1ccccc1. The summed E-state index contributed by atoms with van der Waals surface area (Å²) >= 11 is 10.6. The quantitative estimate of drug-likeness (QED) is 0.434. The molecule has 0 N–H and O–H groups in total. The van der Waals surface area contributed by atoms with Crippen molar-refractivity contribution in [2.45, 2.75) is 17.3 Å². The van der Waals surface area contributed by atoms with Gasteiger partial charge in [0.05, 0.1) is 0 Å². The van der Waals surface area contributed by atoms with Gasteiger partial charge in [-0.05, 0) is 23.6 Å². The van der Waals surface area contributed by atoms with Crippen LogP contribution in [0.1, 0.15) is 16.4 Å². The van der Waals surface area contributed by atoms with E-state index in [1.165, 1.54) is 16.4 Å². The lowest BCUT2D eigenvalue weighted by atomic mass is 10.3. The normalized spacial score (nSPS) is 11.1. The van der Waals surface area contributed by atoms with E-state index >= 15 is 0 Å². The molecule has 0 aliphatic rings. The van der Waals surface area contributed by atoms with E-state index in [-0.39, 0.29) is 0 Å². The second kappa shape index (κ2) is 7.65. The van der Waals surface area contributed by atoms with E-state index in [1.54, 1.807) is 23.1 Å². The minimum absolute atomic E-state index is 0.610. The Morgan fingerprint density at radius 3 is 2.64 bits per heavy atom. The average molecular weight is 406 g/mol. The minimum atomic E-state index is 0.610. The summed E-state index contributed by atoms with van der Waals surface area (Å²) in [4.78, 5) is 1.26. The Hall–Kier alpha value is -1.74. The number of para-hydroxylation sites is 1. The van der Waals surface area contributed by atoms with Gasteiger partial charge in [-0.25, -0.2) is 0 Å². The lowest BCUT2D eigenvalue weighted by molar-refractivity contribution is 0.850. The largest absolute Gasteiger partial charge is 0.274 e. The van der Waals surface area contributed by atoms with E-state index in [1.807, 2.05) is 18.2 Å². The Balaban J connectivity index is 1.66. The lowest BCUT2D eigenvalue weighted by Gasteiger charge is -2.09. The fourth-order valence-electron chi connectivity index (χ4n) is 2.33. The van der Waals surface area contributed by atoms with Crippen LogP contribution in [0.2, 0.25) is 4.34 Å². The van der Waals surface area contributed by atoms with Crippen molar-refractivity contribution >= 4 is 46.2 Å². The minimum Gasteiger partial charge on any atom is -0.274 e. The lowest BCUT2D eigenvalue weighted by Crippen LogP contribution is -2.03. The molecule has 0 saturated heterocycles. The zero-order valence-electron chi connectivity index (χ0n) is 12.9. The van der Waals surface area contributed by atoms with E-state index in [0.29, 0.717) is 10.1 Å². The van der Waals surface area contributed by atoms with Crippen LogP contribution in [-0.4, -0.2) is 24.4 Å². The summed E-state index contributed by atoms with van der Waals surface area (Å²) in [6.45, 7) is 0. The summed E-state index contributed by atoms with van der Waals surface area (Å²) in [7, 11) is 0. The highest BCUT2D eigenvalue weighted by atomic mass is 35.5. The molecule has 0 bridgehead atoms. The predicted octanol–water partition coefficient (Wildman–Crippen LogP) is 4.72. The van der Waals surface area contributed by atoms with Crippen molar-refractivity contribution in [3.8, 4) is 5.69 Å². The van der Waals surface area contributed by atoms with Gasteiger partial charge in [-0.2, -0.15) is 0 Å². The predicted molar refractivity (Wildman–Crippen MR) is 103 cm³/mol. The van der Waals surface area contributed by atoms with Gasteiger partial charge < -0.3 is 0 Å². The topological polar surface area (TPSA) is 56.5 Å². The summed E-state index contributed by atoms with van der Waals surface area (Å²) in [5.41, 5.74) is 1.82. The number of aromatic nitrogens is 5. The van der Waals surface area contributed by atoms with Crippen molar-refractivity contribution in [1.82, 2.24) is 24.4 Å². The van der Waals surface area contributed by atoms with Crippen LogP contribution in [0, 0.1) is 0 Å². The molecule has 0 atom stereocenters. The Morgan fingerprint density at radius 1 is 1.04 bits per heavy atom. The van der Waals surface area contributed by atoms with Crippen molar-refractivity contribution in [3.05, 3.63) is 68.6 Å². The van der Waals surface area contributed by atoms with Crippen molar-refractivity contribution < 1.29 is 0 Å². The molecule has 126 valence electrons. The second-order valence-corrected chi connectivity index (χ2v) is 8.44. The number of thiophene rings is 1. The average Bonchev–Trinajstić information content (AvgIpc) is 3.36. The molecule has 0 amide bonds. The van der Waals surface area contributed by atoms with Gasteiger partial charge in [0.25, 0.3) is 0 Å². The van der Waals surface area contributed by atoms with Gasteiger partial charge in [0.15, 0.2) is 5.16 Å². The summed E-state index contributed by atoms with van der Waals surface area (Å²) in [6.07, 6.45) is 0.749. The van der Waals surface area contributed by atoms with Gasteiger partial charge in [-0.3, -0.25) is 4.57 Å². The van der Waals surface area contributed by atoms with Crippen LogP contribution in [0.4, 0.5) is 0 Å². The Kier molecular flexibility index (Phi) is 5.12. The van der Waals surface area contributed by atoms with Crippen molar-refractivity contribution in [1.29, 1.82) is 0 Å². The molecule has 4 aromatic rings. The molecule has 0 spiro atoms. The number of hydrogen-bond acceptors (Lipinski definition) is 7. The number of nitrogens with zero attached hydrogens (tertiary/aromatic N) is 5. The molecule has 0 radical (unpaired) electrons. The molecule has 0 saturated carbocycles. The summed E-state index contributed by atoms with van der Waals surface area (Å²) in [5, 5.41) is 15.8. The van der Waals surface area contributed by atoms with Crippen molar-refractivity contribution in [2.24, 2.45) is 0 Å². The fourth-order valence-corrected chi connectivity index (χ4v) is 4.73. The van der Waals surface area contributed by atoms with Crippen LogP contribution in [-0.2, 0) is 12.2 Å². The monoisotopic (exact) mass is 405 g/mol. The van der Waals surface area contributed by atoms with Crippen molar-refractivity contribution in [2.75, 3.05) is 0 Å². The number of hydrogen-bond donors (Lipinski definition) is 0. The molecule has 4 rings (SSSR count). The summed E-state index contributed by atoms with van der Waals surface area (Å²) in [5.74, 6) is 1.53. The van der Waals surface area contributed by atoms with Crippen LogP contribution in [0.5, 0.6) is 0 Å². The Labute approximate surface area is 161 Å². The smallest absolute Gasteiger partial charge is 0.196 e. The van der Waals surface area contributed by atoms with Gasteiger partial charge in [-0.15, -0.1) is 26.6 Å².